The van der Waals surface area contributed by atoms with E-state index in [2.05, 4.69) is 27.2 Å². The molecule has 0 bridgehead atoms. The maximum atomic E-state index is 11.2. The van der Waals surface area contributed by atoms with Crippen molar-refractivity contribution in [2.75, 3.05) is 19.6 Å². The van der Waals surface area contributed by atoms with Crippen molar-refractivity contribution >= 4 is 22.9 Å². The molecule has 5 rings (SSSR count). The average Bonchev–Trinajstić information content (AvgIpc) is 3.06. The molecule has 2 N–H and O–H groups in total. The highest BCUT2D eigenvalue weighted by molar-refractivity contribution is 6.30. The maximum Gasteiger partial charge on any atom is 0.131 e. The predicted molar refractivity (Wildman–Crippen MR) is 142 cm³/mol. The number of pyridine rings is 1. The Balaban J connectivity index is 1.34. The van der Waals surface area contributed by atoms with E-state index in [9.17, 15) is 10.3 Å². The maximum absolute atomic E-state index is 11.2. The zero-order valence-electron chi connectivity index (χ0n) is 20.3. The van der Waals surface area contributed by atoms with Gasteiger partial charge in [0, 0.05) is 42.0 Å². The van der Waals surface area contributed by atoms with Crippen LogP contribution in [-0.2, 0) is 12.2 Å². The molecule has 6 nitrogen and oxygen atoms in total. The standard InChI is InChI=1S/C29H30ClN3O3/c1-20(32-35)21-6-11-28-26(18-21)24(25-4-2-14-31-27(25)19-36-28)5-3-15-33-16-12-29(34,13-17-33)22-7-9-23(30)10-8-22/h2,4-11,14,18,34-35H,3,12-13,15-17,19H2,1H3/b24-5+,32-20+. The lowest BCUT2D eigenvalue weighted by Crippen LogP contribution is -2.42. The summed E-state index contributed by atoms with van der Waals surface area (Å²) in [6, 6.07) is 17.4. The van der Waals surface area contributed by atoms with E-state index < -0.39 is 5.60 Å². The van der Waals surface area contributed by atoms with Gasteiger partial charge in [-0.2, -0.15) is 0 Å². The van der Waals surface area contributed by atoms with Crippen molar-refractivity contribution in [2.45, 2.75) is 38.4 Å². The number of hydrogen-bond acceptors (Lipinski definition) is 6. The highest BCUT2D eigenvalue weighted by Crippen LogP contribution is 2.38. The largest absolute Gasteiger partial charge is 0.487 e. The Morgan fingerprint density at radius 3 is 2.67 bits per heavy atom. The Labute approximate surface area is 216 Å². The van der Waals surface area contributed by atoms with Gasteiger partial charge in [0.15, 0.2) is 0 Å². The van der Waals surface area contributed by atoms with Crippen molar-refractivity contribution in [3.63, 3.8) is 0 Å². The van der Waals surface area contributed by atoms with Crippen LogP contribution in [0.4, 0.5) is 0 Å². The molecule has 2 aliphatic rings. The van der Waals surface area contributed by atoms with Gasteiger partial charge in [-0.1, -0.05) is 41.0 Å². The van der Waals surface area contributed by atoms with Crippen LogP contribution >= 0.6 is 11.6 Å². The summed E-state index contributed by atoms with van der Waals surface area (Å²) in [4.78, 5) is 6.96. The van der Waals surface area contributed by atoms with Gasteiger partial charge in [-0.05, 0) is 79.3 Å². The molecule has 0 amide bonds. The number of rotatable bonds is 5. The van der Waals surface area contributed by atoms with Crippen LogP contribution < -0.4 is 4.74 Å². The van der Waals surface area contributed by atoms with E-state index in [1.807, 2.05) is 48.5 Å². The molecular formula is C29H30ClN3O3. The van der Waals surface area contributed by atoms with Gasteiger partial charge in [-0.15, -0.1) is 0 Å². The van der Waals surface area contributed by atoms with Crippen molar-refractivity contribution in [2.24, 2.45) is 5.16 Å². The van der Waals surface area contributed by atoms with Crippen molar-refractivity contribution in [1.29, 1.82) is 0 Å². The van der Waals surface area contributed by atoms with Gasteiger partial charge in [0.25, 0.3) is 0 Å². The minimum Gasteiger partial charge on any atom is -0.487 e. The Hall–Kier alpha value is -3.19. The number of nitrogens with zero attached hydrogens (tertiary/aromatic N) is 3. The molecule has 186 valence electrons. The first kappa shape index (κ1) is 24.5. The van der Waals surface area contributed by atoms with Crippen LogP contribution in [0.15, 0.2) is 72.0 Å². The number of ether oxygens (including phenoxy) is 1. The molecule has 0 radical (unpaired) electrons. The highest BCUT2D eigenvalue weighted by atomic mass is 35.5. The average molecular weight is 504 g/mol. The predicted octanol–water partition coefficient (Wildman–Crippen LogP) is 5.63. The van der Waals surface area contributed by atoms with E-state index in [4.69, 9.17) is 16.3 Å². The highest BCUT2D eigenvalue weighted by Gasteiger charge is 2.33. The number of oxime groups is 1. The van der Waals surface area contributed by atoms with Gasteiger partial charge in [0.2, 0.25) is 0 Å². The fourth-order valence-corrected chi connectivity index (χ4v) is 5.17. The van der Waals surface area contributed by atoms with Gasteiger partial charge >= 0.3 is 0 Å². The first-order chi connectivity index (χ1) is 17.5. The third-order valence-corrected chi connectivity index (χ3v) is 7.49. The summed E-state index contributed by atoms with van der Waals surface area (Å²) in [5, 5.41) is 24.5. The quantitative estimate of drug-likeness (QED) is 0.268. The SMILES string of the molecule is C/C(=N\O)c1ccc2c(c1)/C(=C/CCN1CCC(O)(c3ccc(Cl)cc3)CC1)c1cccnc1CO2. The van der Waals surface area contributed by atoms with Crippen molar-refractivity contribution in [1.82, 2.24) is 9.88 Å². The molecule has 7 heteroatoms. The zero-order chi connectivity index (χ0) is 25.1. The van der Waals surface area contributed by atoms with Gasteiger partial charge in [-0.25, -0.2) is 0 Å². The van der Waals surface area contributed by atoms with E-state index >= 15 is 0 Å². The number of likely N-dealkylation sites (tertiary alicyclic amines) is 1. The minimum atomic E-state index is -0.801. The number of benzene rings is 2. The molecule has 1 fully saturated rings. The van der Waals surface area contributed by atoms with E-state index in [-0.39, 0.29) is 0 Å². The van der Waals surface area contributed by atoms with E-state index in [0.717, 1.165) is 65.3 Å². The van der Waals surface area contributed by atoms with Crippen LogP contribution in [-0.4, -0.2) is 45.5 Å². The summed E-state index contributed by atoms with van der Waals surface area (Å²) in [5.41, 5.74) is 5.54. The summed E-state index contributed by atoms with van der Waals surface area (Å²) >= 11 is 6.02. The summed E-state index contributed by atoms with van der Waals surface area (Å²) in [5.74, 6) is 0.791. The van der Waals surface area contributed by atoms with Crippen LogP contribution in [0.1, 0.15) is 54.1 Å². The van der Waals surface area contributed by atoms with Crippen LogP contribution in [0.25, 0.3) is 5.57 Å². The number of aromatic nitrogens is 1. The van der Waals surface area contributed by atoms with Crippen molar-refractivity contribution in [3.05, 3.63) is 99.8 Å². The number of aliphatic hydroxyl groups is 1. The molecule has 0 atom stereocenters. The number of piperidine rings is 1. The Kier molecular flexibility index (Phi) is 7.10. The third-order valence-electron chi connectivity index (χ3n) is 7.24. The van der Waals surface area contributed by atoms with E-state index in [1.165, 1.54) is 0 Å². The Morgan fingerprint density at radius 1 is 1.14 bits per heavy atom. The summed E-state index contributed by atoms with van der Waals surface area (Å²) in [6.07, 6.45) is 6.28. The molecule has 0 saturated carbocycles. The van der Waals surface area contributed by atoms with Crippen molar-refractivity contribution < 1.29 is 15.1 Å². The monoisotopic (exact) mass is 503 g/mol. The van der Waals surface area contributed by atoms with Gasteiger partial charge in [-0.3, -0.25) is 4.98 Å². The van der Waals surface area contributed by atoms with Gasteiger partial charge < -0.3 is 20.0 Å². The first-order valence-electron chi connectivity index (χ1n) is 12.3. The fourth-order valence-electron chi connectivity index (χ4n) is 5.05. The lowest BCUT2D eigenvalue weighted by atomic mass is 9.84. The molecule has 1 aromatic heterocycles. The topological polar surface area (TPSA) is 78.2 Å². The van der Waals surface area contributed by atoms with Gasteiger partial charge in [0.1, 0.15) is 12.4 Å². The minimum absolute atomic E-state index is 0.405. The van der Waals surface area contributed by atoms with Crippen LogP contribution in [0, 0.1) is 0 Å². The molecule has 0 aliphatic carbocycles. The first-order valence-corrected chi connectivity index (χ1v) is 12.7. The second-order valence-corrected chi connectivity index (χ2v) is 9.91. The lowest BCUT2D eigenvalue weighted by molar-refractivity contribution is -0.0254. The van der Waals surface area contributed by atoms with Crippen LogP contribution in [0.2, 0.25) is 5.02 Å². The second-order valence-electron chi connectivity index (χ2n) is 9.47. The summed E-state index contributed by atoms with van der Waals surface area (Å²) in [6.45, 7) is 4.73. The Morgan fingerprint density at radius 2 is 1.92 bits per heavy atom. The lowest BCUT2D eigenvalue weighted by Gasteiger charge is -2.38. The smallest absolute Gasteiger partial charge is 0.131 e. The molecule has 3 heterocycles. The summed E-state index contributed by atoms with van der Waals surface area (Å²) in [7, 11) is 0. The molecule has 3 aromatic rings. The van der Waals surface area contributed by atoms with E-state index in [1.54, 1.807) is 13.1 Å². The molecule has 0 unspecified atom stereocenters. The molecule has 1 saturated heterocycles. The van der Waals surface area contributed by atoms with Gasteiger partial charge in [0.05, 0.1) is 17.0 Å². The van der Waals surface area contributed by atoms with E-state index in [0.29, 0.717) is 30.2 Å². The molecular weight excluding hydrogens is 474 g/mol. The molecule has 2 aliphatic heterocycles. The second kappa shape index (κ2) is 10.4. The Bertz CT molecular complexity index is 1300. The van der Waals surface area contributed by atoms with Crippen LogP contribution in [0.5, 0.6) is 5.75 Å². The number of fused-ring (bicyclic) bond motifs is 2. The number of halogens is 1. The van der Waals surface area contributed by atoms with Crippen molar-refractivity contribution in [3.8, 4) is 5.75 Å². The third kappa shape index (κ3) is 5.03. The molecule has 2 aromatic carbocycles. The zero-order valence-corrected chi connectivity index (χ0v) is 21.1. The molecule has 0 spiro atoms. The number of hydrogen-bond donors (Lipinski definition) is 2. The normalized spacial score (nSPS) is 18.8. The fraction of sp³-hybridized carbons (Fsp3) is 0.310. The summed E-state index contributed by atoms with van der Waals surface area (Å²) < 4.78 is 6.09. The molecule has 36 heavy (non-hydrogen) atoms. The van der Waals surface area contributed by atoms with Crippen LogP contribution in [0.3, 0.4) is 0 Å².